The van der Waals surface area contributed by atoms with Crippen molar-refractivity contribution < 1.29 is 9.57 Å². The van der Waals surface area contributed by atoms with Crippen molar-refractivity contribution >= 4 is 5.71 Å². The van der Waals surface area contributed by atoms with E-state index in [4.69, 9.17) is 9.57 Å². The molecule has 0 N–H and O–H groups in total. The van der Waals surface area contributed by atoms with Crippen LogP contribution in [0.3, 0.4) is 0 Å². The number of hydrogen-bond donors (Lipinski definition) is 0. The minimum absolute atomic E-state index is 0.663. The molecule has 0 aliphatic carbocycles. The van der Waals surface area contributed by atoms with Crippen LogP contribution < -0.4 is 0 Å². The second-order valence-corrected chi connectivity index (χ2v) is 7.74. The molecule has 1 heterocycles. The fraction of sp³-hybridized carbons (Fsp3) is 0.480. The van der Waals surface area contributed by atoms with Crippen LogP contribution in [-0.2, 0) is 16.0 Å². The first kappa shape index (κ1) is 21.5. The van der Waals surface area contributed by atoms with Crippen LogP contribution in [0.2, 0.25) is 0 Å². The van der Waals surface area contributed by atoms with Crippen LogP contribution in [0.5, 0.6) is 0 Å². The van der Waals surface area contributed by atoms with Crippen molar-refractivity contribution in [2.75, 3.05) is 39.5 Å². The van der Waals surface area contributed by atoms with E-state index in [1.54, 1.807) is 0 Å². The molecule has 1 aliphatic heterocycles. The highest BCUT2D eigenvalue weighted by Crippen LogP contribution is 2.13. The van der Waals surface area contributed by atoms with Gasteiger partial charge in [-0.3, -0.25) is 4.90 Å². The van der Waals surface area contributed by atoms with Gasteiger partial charge in [0, 0.05) is 19.6 Å². The van der Waals surface area contributed by atoms with Gasteiger partial charge >= 0.3 is 0 Å². The Labute approximate surface area is 175 Å². The first-order chi connectivity index (χ1) is 14.3. The fourth-order valence-electron chi connectivity index (χ4n) is 3.56. The van der Waals surface area contributed by atoms with E-state index >= 15 is 0 Å². The van der Waals surface area contributed by atoms with E-state index < -0.39 is 0 Å². The molecule has 0 radical (unpaired) electrons. The summed E-state index contributed by atoms with van der Waals surface area (Å²) >= 11 is 0. The average molecular weight is 395 g/mol. The monoisotopic (exact) mass is 394 g/mol. The van der Waals surface area contributed by atoms with Crippen LogP contribution in [0.25, 0.3) is 0 Å². The zero-order chi connectivity index (χ0) is 20.2. The average Bonchev–Trinajstić information content (AvgIpc) is 2.77. The maximum absolute atomic E-state index is 5.72. The van der Waals surface area contributed by atoms with E-state index in [1.807, 2.05) is 0 Å². The second kappa shape index (κ2) is 12.4. The van der Waals surface area contributed by atoms with Crippen LogP contribution in [-0.4, -0.2) is 50.1 Å². The summed E-state index contributed by atoms with van der Waals surface area (Å²) in [6.07, 6.45) is 5.32. The molecule has 2 aromatic rings. The van der Waals surface area contributed by atoms with E-state index in [2.05, 4.69) is 71.6 Å². The molecule has 0 aromatic heterocycles. The zero-order valence-corrected chi connectivity index (χ0v) is 17.7. The van der Waals surface area contributed by atoms with Crippen molar-refractivity contribution in [3.8, 4) is 0 Å². The van der Waals surface area contributed by atoms with E-state index in [9.17, 15) is 0 Å². The third-order valence-electron chi connectivity index (χ3n) is 5.35. The predicted molar refractivity (Wildman–Crippen MR) is 120 cm³/mol. The standard InChI is InChI=1S/C25H34N2O2/c1-22-12-14-24(15-13-22)25(11-6-5-10-23-8-3-2-4-9-23)26-29-19-7-16-27-17-20-28-21-18-27/h2-4,8-9,12-15H,5-7,10-11,16-21H2,1H3/b26-25+. The van der Waals surface area contributed by atoms with Gasteiger partial charge in [-0.05, 0) is 50.2 Å². The number of nitrogens with zero attached hydrogens (tertiary/aromatic N) is 2. The topological polar surface area (TPSA) is 34.1 Å². The molecule has 0 atom stereocenters. The van der Waals surface area contributed by atoms with Crippen LogP contribution >= 0.6 is 0 Å². The SMILES string of the molecule is Cc1ccc(/C(CCCCc2ccccc2)=N/OCCCN2CCOCC2)cc1. The molecule has 0 bridgehead atoms. The summed E-state index contributed by atoms with van der Waals surface area (Å²) in [5, 5.41) is 4.52. The molecule has 3 rings (SSSR count). The van der Waals surface area contributed by atoms with Crippen LogP contribution in [0.1, 0.15) is 42.4 Å². The Morgan fingerprint density at radius 3 is 2.48 bits per heavy atom. The van der Waals surface area contributed by atoms with Gasteiger partial charge in [-0.2, -0.15) is 0 Å². The molecule has 1 fully saturated rings. The number of rotatable bonds is 11. The van der Waals surface area contributed by atoms with E-state index in [0.717, 1.165) is 70.7 Å². The molecule has 29 heavy (non-hydrogen) atoms. The molecule has 4 nitrogen and oxygen atoms in total. The molecule has 156 valence electrons. The Kier molecular flexibility index (Phi) is 9.21. The molecule has 0 saturated carbocycles. The van der Waals surface area contributed by atoms with Crippen molar-refractivity contribution in [2.24, 2.45) is 5.16 Å². The minimum atomic E-state index is 0.663. The fourth-order valence-corrected chi connectivity index (χ4v) is 3.56. The maximum atomic E-state index is 5.72. The summed E-state index contributed by atoms with van der Waals surface area (Å²) < 4.78 is 5.40. The van der Waals surface area contributed by atoms with Crippen LogP contribution in [0.4, 0.5) is 0 Å². The molecular formula is C25H34N2O2. The lowest BCUT2D eigenvalue weighted by atomic mass is 10.0. The maximum Gasteiger partial charge on any atom is 0.118 e. The Bertz CT molecular complexity index is 722. The van der Waals surface area contributed by atoms with Gasteiger partial charge < -0.3 is 9.57 Å². The predicted octanol–water partition coefficient (Wildman–Crippen LogP) is 4.85. The van der Waals surface area contributed by atoms with Crippen molar-refractivity contribution in [1.29, 1.82) is 0 Å². The van der Waals surface area contributed by atoms with Gasteiger partial charge in [-0.15, -0.1) is 0 Å². The molecule has 4 heteroatoms. The number of unbranched alkanes of at least 4 members (excludes halogenated alkanes) is 1. The summed E-state index contributed by atoms with van der Waals surface area (Å²) in [4.78, 5) is 8.15. The molecule has 1 saturated heterocycles. The van der Waals surface area contributed by atoms with E-state index in [-0.39, 0.29) is 0 Å². The zero-order valence-electron chi connectivity index (χ0n) is 17.7. The smallest absolute Gasteiger partial charge is 0.118 e. The summed E-state index contributed by atoms with van der Waals surface area (Å²) in [7, 11) is 0. The normalized spacial score (nSPS) is 15.4. The molecule has 0 unspecified atom stereocenters. The third kappa shape index (κ3) is 8.00. The van der Waals surface area contributed by atoms with Gasteiger partial charge in [0.15, 0.2) is 0 Å². The Morgan fingerprint density at radius 1 is 0.966 bits per heavy atom. The summed E-state index contributed by atoms with van der Waals surface area (Å²) in [5.74, 6) is 0. The van der Waals surface area contributed by atoms with Gasteiger partial charge in [0.05, 0.1) is 18.9 Å². The van der Waals surface area contributed by atoms with Gasteiger partial charge in [-0.25, -0.2) is 0 Å². The van der Waals surface area contributed by atoms with Crippen molar-refractivity contribution in [3.63, 3.8) is 0 Å². The van der Waals surface area contributed by atoms with Crippen molar-refractivity contribution in [3.05, 3.63) is 71.3 Å². The quantitative estimate of drug-likeness (QED) is 0.310. The largest absolute Gasteiger partial charge is 0.396 e. The van der Waals surface area contributed by atoms with E-state index in [0.29, 0.717) is 6.61 Å². The first-order valence-electron chi connectivity index (χ1n) is 10.9. The molecule has 0 spiro atoms. The van der Waals surface area contributed by atoms with Gasteiger partial charge in [0.1, 0.15) is 6.61 Å². The van der Waals surface area contributed by atoms with Crippen molar-refractivity contribution in [1.82, 2.24) is 4.90 Å². The Morgan fingerprint density at radius 2 is 1.72 bits per heavy atom. The first-order valence-corrected chi connectivity index (χ1v) is 10.9. The minimum Gasteiger partial charge on any atom is -0.396 e. The summed E-state index contributed by atoms with van der Waals surface area (Å²) in [6, 6.07) is 19.3. The van der Waals surface area contributed by atoms with Gasteiger partial charge in [0.25, 0.3) is 0 Å². The van der Waals surface area contributed by atoms with Crippen LogP contribution in [0.15, 0.2) is 59.8 Å². The van der Waals surface area contributed by atoms with E-state index in [1.165, 1.54) is 16.7 Å². The summed E-state index contributed by atoms with van der Waals surface area (Å²) in [5.41, 5.74) is 4.90. The van der Waals surface area contributed by atoms with Gasteiger partial charge in [-0.1, -0.05) is 65.3 Å². The number of oxime groups is 1. The summed E-state index contributed by atoms with van der Waals surface area (Å²) in [6.45, 7) is 7.58. The Hall–Kier alpha value is -2.17. The highest BCUT2D eigenvalue weighted by atomic mass is 16.6. The molecule has 2 aromatic carbocycles. The number of benzene rings is 2. The molecular weight excluding hydrogens is 360 g/mol. The lowest BCUT2D eigenvalue weighted by molar-refractivity contribution is 0.0322. The lowest BCUT2D eigenvalue weighted by Crippen LogP contribution is -2.37. The number of morpholine rings is 1. The second-order valence-electron chi connectivity index (χ2n) is 7.74. The van der Waals surface area contributed by atoms with Gasteiger partial charge in [0.2, 0.25) is 0 Å². The highest BCUT2D eigenvalue weighted by Gasteiger charge is 2.09. The molecule has 1 aliphatic rings. The van der Waals surface area contributed by atoms with Crippen LogP contribution in [0, 0.1) is 6.92 Å². The number of hydrogen-bond acceptors (Lipinski definition) is 4. The highest BCUT2D eigenvalue weighted by molar-refractivity contribution is 6.00. The number of aryl methyl sites for hydroxylation is 2. The third-order valence-corrected chi connectivity index (χ3v) is 5.35. The lowest BCUT2D eigenvalue weighted by Gasteiger charge is -2.26. The van der Waals surface area contributed by atoms with Crippen molar-refractivity contribution in [2.45, 2.75) is 39.0 Å². The number of ether oxygens (including phenoxy) is 1. The molecule has 0 amide bonds. The Balaban J connectivity index is 1.46.